The van der Waals surface area contributed by atoms with E-state index in [1.807, 2.05) is 6.92 Å². The monoisotopic (exact) mass is 213 g/mol. The minimum absolute atomic E-state index is 0.241. The van der Waals surface area contributed by atoms with Gasteiger partial charge in [0.25, 0.3) is 0 Å². The normalized spacial score (nSPS) is 21.2. The van der Waals surface area contributed by atoms with Crippen LogP contribution in [-0.4, -0.2) is 46.8 Å². The molecule has 1 rings (SSSR count). The topological polar surface area (TPSA) is 60.8 Å². The fourth-order valence-electron chi connectivity index (χ4n) is 1.93. The van der Waals surface area contributed by atoms with Crippen molar-refractivity contribution in [2.75, 3.05) is 19.6 Å². The van der Waals surface area contributed by atoms with Gasteiger partial charge in [-0.05, 0) is 38.8 Å². The molecule has 4 heteroatoms. The number of aliphatic hydroxyl groups is 1. The van der Waals surface area contributed by atoms with Gasteiger partial charge in [0, 0.05) is 12.1 Å². The second-order valence-electron chi connectivity index (χ2n) is 4.26. The zero-order valence-electron chi connectivity index (χ0n) is 9.15. The number of hydrogen-bond acceptors (Lipinski definition) is 3. The Hall–Kier alpha value is -0.870. The molecule has 0 radical (unpaired) electrons. The lowest BCUT2D eigenvalue weighted by molar-refractivity contribution is -0.132. The average molecular weight is 213 g/mol. The van der Waals surface area contributed by atoms with Crippen LogP contribution < -0.4 is 0 Å². The molecule has 1 heterocycles. The molecule has 0 aliphatic carbocycles. The summed E-state index contributed by atoms with van der Waals surface area (Å²) in [4.78, 5) is 12.7. The molecule has 0 bridgehead atoms. The number of carboxylic acids is 1. The van der Waals surface area contributed by atoms with E-state index in [0.29, 0.717) is 12.5 Å². The molecule has 1 aliphatic heterocycles. The Labute approximate surface area is 90.2 Å². The van der Waals surface area contributed by atoms with E-state index in [9.17, 15) is 9.90 Å². The fourth-order valence-corrected chi connectivity index (χ4v) is 1.93. The molecule has 2 N–H and O–H groups in total. The van der Waals surface area contributed by atoms with Crippen LogP contribution in [0.5, 0.6) is 0 Å². The Bertz CT molecular complexity index is 242. The smallest absolute Gasteiger partial charge is 0.332 e. The fraction of sp³-hybridized carbons (Fsp3) is 0.727. The Kier molecular flexibility index (Phi) is 4.29. The summed E-state index contributed by atoms with van der Waals surface area (Å²) in [5.74, 6) is -0.563. The molecular formula is C11H19NO3. The van der Waals surface area contributed by atoms with E-state index in [2.05, 4.69) is 11.5 Å². The van der Waals surface area contributed by atoms with Gasteiger partial charge in [-0.1, -0.05) is 6.58 Å². The van der Waals surface area contributed by atoms with Crippen molar-refractivity contribution in [2.24, 2.45) is 5.92 Å². The second kappa shape index (κ2) is 5.28. The maximum absolute atomic E-state index is 10.6. The van der Waals surface area contributed by atoms with Crippen molar-refractivity contribution in [1.29, 1.82) is 0 Å². The highest BCUT2D eigenvalue weighted by Gasteiger charge is 2.23. The van der Waals surface area contributed by atoms with E-state index in [4.69, 9.17) is 5.11 Å². The minimum atomic E-state index is -0.923. The molecule has 0 aromatic carbocycles. The van der Waals surface area contributed by atoms with Gasteiger partial charge >= 0.3 is 5.97 Å². The quantitative estimate of drug-likeness (QED) is 0.675. The molecule has 0 aromatic rings. The van der Waals surface area contributed by atoms with Gasteiger partial charge < -0.3 is 10.2 Å². The van der Waals surface area contributed by atoms with Crippen molar-refractivity contribution < 1.29 is 15.0 Å². The van der Waals surface area contributed by atoms with Gasteiger partial charge in [-0.2, -0.15) is 0 Å². The molecule has 1 unspecified atom stereocenters. The molecule has 1 saturated heterocycles. The van der Waals surface area contributed by atoms with Gasteiger partial charge in [0.2, 0.25) is 0 Å². The number of nitrogens with zero attached hydrogens (tertiary/aromatic N) is 1. The third-order valence-corrected chi connectivity index (χ3v) is 3.03. The van der Waals surface area contributed by atoms with Gasteiger partial charge in [0.1, 0.15) is 0 Å². The average Bonchev–Trinajstić information content (AvgIpc) is 2.18. The summed E-state index contributed by atoms with van der Waals surface area (Å²) >= 11 is 0. The number of carbonyl (C=O) groups is 1. The largest absolute Gasteiger partial charge is 0.478 e. The number of carboxylic acid groups (broad SMARTS) is 1. The first-order valence-corrected chi connectivity index (χ1v) is 5.32. The Morgan fingerprint density at radius 2 is 2.07 bits per heavy atom. The van der Waals surface area contributed by atoms with Gasteiger partial charge in [-0.15, -0.1) is 0 Å². The zero-order valence-corrected chi connectivity index (χ0v) is 9.15. The summed E-state index contributed by atoms with van der Waals surface area (Å²) in [5, 5.41) is 18.1. The van der Waals surface area contributed by atoms with Crippen LogP contribution in [0.2, 0.25) is 0 Å². The molecule has 0 amide bonds. The van der Waals surface area contributed by atoms with Crippen LogP contribution in [0.15, 0.2) is 12.2 Å². The maximum Gasteiger partial charge on any atom is 0.332 e. The van der Waals surface area contributed by atoms with E-state index < -0.39 is 5.97 Å². The summed E-state index contributed by atoms with van der Waals surface area (Å²) in [6, 6.07) is 0. The highest BCUT2D eigenvalue weighted by atomic mass is 16.4. The molecule has 0 spiro atoms. The first-order chi connectivity index (χ1) is 7.00. The van der Waals surface area contributed by atoms with Crippen LogP contribution in [-0.2, 0) is 4.79 Å². The van der Waals surface area contributed by atoms with Crippen LogP contribution in [0.3, 0.4) is 0 Å². The molecule has 4 nitrogen and oxygen atoms in total. The number of likely N-dealkylation sites (tertiary alicyclic amines) is 1. The van der Waals surface area contributed by atoms with Crippen LogP contribution in [0, 0.1) is 5.92 Å². The number of aliphatic hydroxyl groups excluding tert-OH is 1. The SMILES string of the molecule is C=C(CN1CCC(C(C)O)CC1)C(=O)O. The van der Waals surface area contributed by atoms with Crippen LogP contribution in [0.25, 0.3) is 0 Å². The first kappa shape index (κ1) is 12.2. The van der Waals surface area contributed by atoms with Crippen molar-refractivity contribution in [1.82, 2.24) is 4.90 Å². The molecule has 86 valence electrons. The van der Waals surface area contributed by atoms with Gasteiger partial charge in [-0.25, -0.2) is 4.79 Å². The third kappa shape index (κ3) is 3.64. The molecule has 1 fully saturated rings. The summed E-state index contributed by atoms with van der Waals surface area (Å²) in [6.07, 6.45) is 1.62. The Morgan fingerprint density at radius 1 is 1.53 bits per heavy atom. The van der Waals surface area contributed by atoms with Crippen molar-refractivity contribution in [3.8, 4) is 0 Å². The highest BCUT2D eigenvalue weighted by molar-refractivity contribution is 5.86. The number of aliphatic carboxylic acids is 1. The van der Waals surface area contributed by atoms with E-state index in [1.54, 1.807) is 0 Å². The molecule has 1 aliphatic rings. The van der Waals surface area contributed by atoms with E-state index in [0.717, 1.165) is 25.9 Å². The Balaban J connectivity index is 2.32. The zero-order chi connectivity index (χ0) is 11.4. The lowest BCUT2D eigenvalue weighted by Crippen LogP contribution is -2.38. The number of hydrogen-bond donors (Lipinski definition) is 2. The number of rotatable bonds is 4. The maximum atomic E-state index is 10.6. The van der Waals surface area contributed by atoms with Gasteiger partial charge in [-0.3, -0.25) is 4.90 Å². The van der Waals surface area contributed by atoms with Crippen LogP contribution in [0.1, 0.15) is 19.8 Å². The first-order valence-electron chi connectivity index (χ1n) is 5.32. The van der Waals surface area contributed by atoms with Gasteiger partial charge in [0.15, 0.2) is 0 Å². The summed E-state index contributed by atoms with van der Waals surface area (Å²) < 4.78 is 0. The molecule has 0 aromatic heterocycles. The van der Waals surface area contributed by atoms with Gasteiger partial charge in [0.05, 0.1) is 6.10 Å². The molecule has 15 heavy (non-hydrogen) atoms. The van der Waals surface area contributed by atoms with Crippen molar-refractivity contribution >= 4 is 5.97 Å². The lowest BCUT2D eigenvalue weighted by Gasteiger charge is -2.33. The van der Waals surface area contributed by atoms with Crippen molar-refractivity contribution in [3.05, 3.63) is 12.2 Å². The van der Waals surface area contributed by atoms with E-state index in [1.165, 1.54) is 0 Å². The van der Waals surface area contributed by atoms with E-state index in [-0.39, 0.29) is 11.7 Å². The minimum Gasteiger partial charge on any atom is -0.478 e. The van der Waals surface area contributed by atoms with Crippen LogP contribution >= 0.6 is 0 Å². The predicted octanol–water partition coefficient (Wildman–Crippen LogP) is 0.720. The van der Waals surface area contributed by atoms with E-state index >= 15 is 0 Å². The predicted molar refractivity (Wildman–Crippen MR) is 57.6 cm³/mol. The molecule has 0 saturated carbocycles. The lowest BCUT2D eigenvalue weighted by atomic mass is 9.92. The van der Waals surface area contributed by atoms with Crippen LogP contribution in [0.4, 0.5) is 0 Å². The molecular weight excluding hydrogens is 194 g/mol. The summed E-state index contributed by atoms with van der Waals surface area (Å²) in [7, 11) is 0. The standard InChI is InChI=1S/C11H19NO3/c1-8(11(14)15)7-12-5-3-10(4-6-12)9(2)13/h9-10,13H,1,3-7H2,2H3,(H,14,15). The number of piperidine rings is 1. The summed E-state index contributed by atoms with van der Waals surface area (Å²) in [6.45, 7) is 7.46. The Morgan fingerprint density at radius 3 is 2.47 bits per heavy atom. The van der Waals surface area contributed by atoms with Crippen molar-refractivity contribution in [2.45, 2.75) is 25.9 Å². The summed E-state index contributed by atoms with van der Waals surface area (Å²) in [5.41, 5.74) is 0.241. The highest BCUT2D eigenvalue weighted by Crippen LogP contribution is 2.20. The van der Waals surface area contributed by atoms with Crippen molar-refractivity contribution in [3.63, 3.8) is 0 Å². The molecule has 1 atom stereocenters. The second-order valence-corrected chi connectivity index (χ2v) is 4.26. The third-order valence-electron chi connectivity index (χ3n) is 3.03.